The summed E-state index contributed by atoms with van der Waals surface area (Å²) < 4.78 is 2.01. The van der Waals surface area contributed by atoms with Crippen molar-refractivity contribution in [1.82, 2.24) is 25.0 Å². The van der Waals surface area contributed by atoms with Crippen LogP contribution in [-0.2, 0) is 7.05 Å². The van der Waals surface area contributed by atoms with Crippen LogP contribution >= 0.6 is 0 Å². The van der Waals surface area contributed by atoms with E-state index in [1.807, 2.05) is 37.1 Å². The number of rotatable bonds is 8. The predicted molar refractivity (Wildman–Crippen MR) is 111 cm³/mol. The summed E-state index contributed by atoms with van der Waals surface area (Å²) in [6.45, 7) is 6.95. The number of anilines is 3. The predicted octanol–water partition coefficient (Wildman–Crippen LogP) is 2.53. The first-order chi connectivity index (χ1) is 12.9. The zero-order valence-electron chi connectivity index (χ0n) is 16.5. The second-order valence-corrected chi connectivity index (χ2v) is 5.99. The summed E-state index contributed by atoms with van der Waals surface area (Å²) in [5.74, 6) is 0.249. The summed E-state index contributed by atoms with van der Waals surface area (Å²) in [5.41, 5.74) is 3.54. The monoisotopic (exact) mass is 369 g/mol. The highest BCUT2D eigenvalue weighted by molar-refractivity contribution is 5.98. The van der Waals surface area contributed by atoms with Gasteiger partial charge >= 0.3 is 0 Å². The highest BCUT2D eigenvalue weighted by Gasteiger charge is 2.17. The van der Waals surface area contributed by atoms with Crippen molar-refractivity contribution in [3.05, 3.63) is 42.0 Å². The van der Waals surface area contributed by atoms with Crippen LogP contribution in [0, 0.1) is 0 Å². The lowest BCUT2D eigenvalue weighted by Gasteiger charge is -2.11. The molecule has 2 aromatic heterocycles. The van der Waals surface area contributed by atoms with Crippen LogP contribution in [0.2, 0.25) is 0 Å². The second kappa shape index (κ2) is 8.88. The van der Waals surface area contributed by atoms with Gasteiger partial charge in [-0.1, -0.05) is 12.7 Å². The molecular weight excluding hydrogens is 342 g/mol. The number of aromatic nitrogens is 3. The molecule has 27 heavy (non-hydrogen) atoms. The van der Waals surface area contributed by atoms with Crippen LogP contribution in [0.1, 0.15) is 28.7 Å². The smallest absolute Gasteiger partial charge is 0.273 e. The topological polar surface area (TPSA) is 87.1 Å². The van der Waals surface area contributed by atoms with Gasteiger partial charge in [-0.25, -0.2) is 0 Å². The maximum atomic E-state index is 12.1. The maximum absolute atomic E-state index is 12.1. The van der Waals surface area contributed by atoms with E-state index in [4.69, 9.17) is 0 Å². The van der Waals surface area contributed by atoms with Gasteiger partial charge in [-0.05, 0) is 13.0 Å². The molecule has 1 amide bonds. The van der Waals surface area contributed by atoms with E-state index in [9.17, 15) is 4.79 Å². The van der Waals surface area contributed by atoms with Crippen molar-refractivity contribution in [2.24, 2.45) is 7.05 Å². The third-order valence-electron chi connectivity index (χ3n) is 4.22. The summed E-state index contributed by atoms with van der Waals surface area (Å²) >= 11 is 0. The maximum Gasteiger partial charge on any atom is 0.273 e. The van der Waals surface area contributed by atoms with Gasteiger partial charge in [0.15, 0.2) is 11.5 Å². The average Bonchev–Trinajstić information content (AvgIpc) is 2.99. The zero-order chi connectivity index (χ0) is 20.0. The van der Waals surface area contributed by atoms with Gasteiger partial charge in [0.1, 0.15) is 0 Å². The van der Waals surface area contributed by atoms with Crippen molar-refractivity contribution >= 4 is 35.3 Å². The number of nitrogens with zero attached hydrogens (tertiary/aromatic N) is 4. The van der Waals surface area contributed by atoms with Gasteiger partial charge in [0.05, 0.1) is 17.1 Å². The van der Waals surface area contributed by atoms with E-state index in [1.165, 1.54) is 0 Å². The summed E-state index contributed by atoms with van der Waals surface area (Å²) in [5, 5.41) is 16.8. The van der Waals surface area contributed by atoms with Crippen molar-refractivity contribution in [1.29, 1.82) is 0 Å². The number of nitrogens with one attached hydrogen (secondary N) is 3. The number of hydrogen-bond acceptors (Lipinski definition) is 6. The minimum atomic E-state index is -0.312. The molecule has 0 bridgehead atoms. The van der Waals surface area contributed by atoms with Crippen molar-refractivity contribution in [3.63, 3.8) is 0 Å². The summed E-state index contributed by atoms with van der Waals surface area (Å²) in [6.07, 6.45) is 7.81. The van der Waals surface area contributed by atoms with Gasteiger partial charge in [0.25, 0.3) is 5.91 Å². The van der Waals surface area contributed by atoms with E-state index in [1.54, 1.807) is 26.2 Å². The molecule has 0 atom stereocenters. The standard InChI is InChI=1S/C19H27N7O/c1-7-13-15(12-26(6)16(13)9-10-25(5)8-2)22-14-11-17(20-3)23-24-18(14)19(27)21-4/h7,9-12H,1,8H2,2-6H3,(H,21,27)(H2,20,22,23)/b10-9-. The van der Waals surface area contributed by atoms with Crippen LogP contribution in [0.25, 0.3) is 12.2 Å². The van der Waals surface area contributed by atoms with Crippen molar-refractivity contribution < 1.29 is 4.79 Å². The molecule has 0 aliphatic heterocycles. The second-order valence-electron chi connectivity index (χ2n) is 5.99. The van der Waals surface area contributed by atoms with E-state index < -0.39 is 0 Å². The molecule has 0 saturated heterocycles. The molecular formula is C19H27N7O. The Balaban J connectivity index is 2.47. The molecule has 3 N–H and O–H groups in total. The summed E-state index contributed by atoms with van der Waals surface area (Å²) in [6, 6.07) is 1.75. The van der Waals surface area contributed by atoms with Crippen LogP contribution in [0.5, 0.6) is 0 Å². The molecule has 8 heteroatoms. The van der Waals surface area contributed by atoms with Crippen molar-refractivity contribution in [2.75, 3.05) is 38.3 Å². The van der Waals surface area contributed by atoms with Gasteiger partial charge in [0, 0.05) is 58.8 Å². The quantitative estimate of drug-likeness (QED) is 0.663. The zero-order valence-corrected chi connectivity index (χ0v) is 16.5. The molecule has 0 aliphatic rings. The fourth-order valence-corrected chi connectivity index (χ4v) is 2.53. The van der Waals surface area contributed by atoms with Crippen LogP contribution in [-0.4, -0.2) is 53.3 Å². The van der Waals surface area contributed by atoms with Gasteiger partial charge < -0.3 is 25.4 Å². The van der Waals surface area contributed by atoms with E-state index in [0.29, 0.717) is 11.5 Å². The Hall–Kier alpha value is -3.29. The fraction of sp³-hybridized carbons (Fsp3) is 0.316. The molecule has 2 aromatic rings. The Morgan fingerprint density at radius 2 is 2.07 bits per heavy atom. The van der Waals surface area contributed by atoms with Crippen molar-refractivity contribution in [3.8, 4) is 0 Å². The fourth-order valence-electron chi connectivity index (χ4n) is 2.53. The van der Waals surface area contributed by atoms with Gasteiger partial charge in [-0.2, -0.15) is 0 Å². The van der Waals surface area contributed by atoms with Crippen molar-refractivity contribution in [2.45, 2.75) is 6.92 Å². The van der Waals surface area contributed by atoms with Crippen LogP contribution in [0.15, 0.2) is 25.0 Å². The lowest BCUT2D eigenvalue weighted by molar-refractivity contribution is 0.0958. The summed E-state index contributed by atoms with van der Waals surface area (Å²) in [7, 11) is 7.29. The molecule has 0 unspecified atom stereocenters. The van der Waals surface area contributed by atoms with E-state index >= 15 is 0 Å². The van der Waals surface area contributed by atoms with E-state index in [-0.39, 0.29) is 11.6 Å². The average molecular weight is 369 g/mol. The first-order valence-corrected chi connectivity index (χ1v) is 8.69. The third-order valence-corrected chi connectivity index (χ3v) is 4.22. The number of carbonyl (C=O) groups is 1. The minimum Gasteiger partial charge on any atom is -0.381 e. The van der Waals surface area contributed by atoms with Gasteiger partial charge in [-0.15, -0.1) is 10.2 Å². The number of hydrogen-bond donors (Lipinski definition) is 3. The SMILES string of the molecule is C=Cc1c(Nc2cc(NC)nnc2C(=O)NC)cn(C)c1/C=C\N(C)CC. The summed E-state index contributed by atoms with van der Waals surface area (Å²) in [4.78, 5) is 14.2. The molecule has 2 heterocycles. The number of carbonyl (C=O) groups excluding carboxylic acids is 1. The lowest BCUT2D eigenvalue weighted by Crippen LogP contribution is -2.21. The van der Waals surface area contributed by atoms with Crippen LogP contribution < -0.4 is 16.0 Å². The van der Waals surface area contributed by atoms with E-state index in [2.05, 4.69) is 44.6 Å². The van der Waals surface area contributed by atoms with Crippen LogP contribution in [0.3, 0.4) is 0 Å². The molecule has 0 radical (unpaired) electrons. The van der Waals surface area contributed by atoms with Gasteiger partial charge in [-0.3, -0.25) is 4.79 Å². The molecule has 0 spiro atoms. The molecule has 0 aromatic carbocycles. The number of amides is 1. The Morgan fingerprint density at radius 3 is 2.67 bits per heavy atom. The van der Waals surface area contributed by atoms with Gasteiger partial charge in [0.2, 0.25) is 0 Å². The molecule has 8 nitrogen and oxygen atoms in total. The highest BCUT2D eigenvalue weighted by atomic mass is 16.1. The van der Waals surface area contributed by atoms with Crippen LogP contribution in [0.4, 0.5) is 17.2 Å². The molecule has 2 rings (SSSR count). The van der Waals surface area contributed by atoms with E-state index in [0.717, 1.165) is 23.5 Å². The molecule has 0 aliphatic carbocycles. The Kier molecular flexibility index (Phi) is 6.59. The number of aryl methyl sites for hydroxylation is 1. The first-order valence-electron chi connectivity index (χ1n) is 8.69. The third kappa shape index (κ3) is 4.46. The lowest BCUT2D eigenvalue weighted by atomic mass is 10.2. The highest BCUT2D eigenvalue weighted by Crippen LogP contribution is 2.29. The minimum absolute atomic E-state index is 0.221. The molecule has 0 fully saturated rings. The Labute approximate surface area is 160 Å². The normalized spacial score (nSPS) is 10.7. The molecule has 0 saturated carbocycles. The Morgan fingerprint density at radius 1 is 1.33 bits per heavy atom. The first kappa shape index (κ1) is 20.0. The molecule has 144 valence electrons. The Bertz CT molecular complexity index is 854. The largest absolute Gasteiger partial charge is 0.381 e.